The molecule has 0 bridgehead atoms. The van der Waals surface area contributed by atoms with Crippen LogP contribution in [0.15, 0.2) is 36.9 Å². The molecule has 1 rings (SSSR count). The molecule has 0 aliphatic heterocycles. The molecule has 1 atom stereocenters. The predicted molar refractivity (Wildman–Crippen MR) is 81.3 cm³/mol. The Morgan fingerprint density at radius 3 is 2.61 bits per heavy atom. The molecule has 4 heteroatoms. The van der Waals surface area contributed by atoms with E-state index in [2.05, 4.69) is 34.5 Å². The summed E-state index contributed by atoms with van der Waals surface area (Å²) in [4.78, 5) is 12.1. The molecule has 0 spiro atoms. The van der Waals surface area contributed by atoms with Crippen LogP contribution in [0.1, 0.15) is 19.4 Å². The van der Waals surface area contributed by atoms with Crippen molar-refractivity contribution in [1.82, 2.24) is 5.32 Å². The molecule has 98 valence electrons. The van der Waals surface area contributed by atoms with Crippen molar-refractivity contribution in [3.8, 4) is 0 Å². The van der Waals surface area contributed by atoms with Gasteiger partial charge in [0.1, 0.15) is 5.54 Å². The Hall–Kier alpha value is -0.880. The van der Waals surface area contributed by atoms with Crippen molar-refractivity contribution in [2.45, 2.75) is 19.4 Å². The summed E-state index contributed by atoms with van der Waals surface area (Å²) in [5.41, 5.74) is 0.0531. The highest BCUT2D eigenvalue weighted by molar-refractivity contribution is 14.1. The van der Waals surface area contributed by atoms with E-state index in [0.717, 1.165) is 9.13 Å². The Kier molecular flexibility index (Phi) is 5.81. The molecule has 0 radical (unpaired) electrons. The largest absolute Gasteiger partial charge is 0.464 e. The van der Waals surface area contributed by atoms with E-state index in [1.807, 2.05) is 31.2 Å². The fourth-order valence-corrected chi connectivity index (χ4v) is 1.99. The van der Waals surface area contributed by atoms with Crippen LogP contribution in [0.25, 0.3) is 0 Å². The maximum Gasteiger partial charge on any atom is 0.330 e. The smallest absolute Gasteiger partial charge is 0.330 e. The number of ether oxygens (including phenoxy) is 1. The highest BCUT2D eigenvalue weighted by Crippen LogP contribution is 2.23. The van der Waals surface area contributed by atoms with E-state index >= 15 is 0 Å². The van der Waals surface area contributed by atoms with Crippen LogP contribution in [-0.2, 0) is 15.1 Å². The molecular weight excluding hydrogens is 341 g/mol. The molecule has 1 N–H and O–H groups in total. The quantitative estimate of drug-likeness (QED) is 0.482. The number of rotatable bonds is 6. The van der Waals surface area contributed by atoms with Gasteiger partial charge in [0.25, 0.3) is 0 Å². The van der Waals surface area contributed by atoms with E-state index in [9.17, 15) is 4.79 Å². The second kappa shape index (κ2) is 6.89. The maximum absolute atomic E-state index is 12.1. The normalized spacial score (nSPS) is 13.7. The lowest BCUT2D eigenvalue weighted by Gasteiger charge is -2.28. The zero-order valence-electron chi connectivity index (χ0n) is 10.7. The third-order valence-corrected chi connectivity index (χ3v) is 3.42. The minimum atomic E-state index is -0.839. The third-order valence-electron chi connectivity index (χ3n) is 2.71. The molecule has 3 nitrogen and oxygen atoms in total. The molecule has 1 aromatic carbocycles. The van der Waals surface area contributed by atoms with Crippen LogP contribution in [0, 0.1) is 3.57 Å². The van der Waals surface area contributed by atoms with Crippen LogP contribution in [0.3, 0.4) is 0 Å². The fourth-order valence-electron chi connectivity index (χ4n) is 1.63. The zero-order chi connectivity index (χ0) is 13.6. The fraction of sp³-hybridized carbons (Fsp3) is 0.357. The summed E-state index contributed by atoms with van der Waals surface area (Å²) in [6.45, 7) is 8.21. The first-order valence-electron chi connectivity index (χ1n) is 5.83. The predicted octanol–water partition coefficient (Wildman–Crippen LogP) is 2.85. The summed E-state index contributed by atoms with van der Waals surface area (Å²) < 4.78 is 6.28. The lowest BCUT2D eigenvalue weighted by Crippen LogP contribution is -2.47. The standard InChI is InChI=1S/C14H18INO2/c1-4-10-16-14(3,13(17)18-5-2)11-6-8-12(15)9-7-11/h4,6-9,16H,1,5,10H2,2-3H3. The Morgan fingerprint density at radius 1 is 1.50 bits per heavy atom. The number of benzene rings is 1. The average Bonchev–Trinajstić information content (AvgIpc) is 2.37. The van der Waals surface area contributed by atoms with Crippen molar-refractivity contribution < 1.29 is 9.53 Å². The van der Waals surface area contributed by atoms with Crippen LogP contribution in [0.4, 0.5) is 0 Å². The van der Waals surface area contributed by atoms with Gasteiger partial charge in [0, 0.05) is 10.1 Å². The molecule has 0 saturated heterocycles. The van der Waals surface area contributed by atoms with Crippen LogP contribution in [-0.4, -0.2) is 19.1 Å². The SMILES string of the molecule is C=CCNC(C)(C(=O)OCC)c1ccc(I)cc1. The van der Waals surface area contributed by atoms with E-state index < -0.39 is 5.54 Å². The van der Waals surface area contributed by atoms with Crippen molar-refractivity contribution in [2.24, 2.45) is 0 Å². The molecule has 0 aliphatic rings. The van der Waals surface area contributed by atoms with Crippen LogP contribution < -0.4 is 5.32 Å². The van der Waals surface area contributed by atoms with E-state index in [1.165, 1.54) is 0 Å². The van der Waals surface area contributed by atoms with Crippen LogP contribution in [0.2, 0.25) is 0 Å². The van der Waals surface area contributed by atoms with E-state index in [4.69, 9.17) is 4.74 Å². The number of carbonyl (C=O) groups excluding carboxylic acids is 1. The van der Waals surface area contributed by atoms with Crippen molar-refractivity contribution in [3.63, 3.8) is 0 Å². The number of nitrogens with one attached hydrogen (secondary N) is 1. The second-order valence-electron chi connectivity index (χ2n) is 4.02. The lowest BCUT2D eigenvalue weighted by molar-refractivity contribution is -0.150. The van der Waals surface area contributed by atoms with Gasteiger partial charge in [-0.2, -0.15) is 0 Å². The van der Waals surface area contributed by atoms with E-state index in [1.54, 1.807) is 13.0 Å². The molecule has 0 aliphatic carbocycles. The van der Waals surface area contributed by atoms with Gasteiger partial charge in [0.05, 0.1) is 6.61 Å². The number of hydrogen-bond donors (Lipinski definition) is 1. The van der Waals surface area contributed by atoms with Crippen molar-refractivity contribution >= 4 is 28.6 Å². The Balaban J connectivity index is 3.06. The number of halogens is 1. The molecule has 0 saturated carbocycles. The Morgan fingerprint density at radius 2 is 2.11 bits per heavy atom. The zero-order valence-corrected chi connectivity index (χ0v) is 12.9. The van der Waals surface area contributed by atoms with Gasteiger partial charge in [0.15, 0.2) is 0 Å². The van der Waals surface area contributed by atoms with Gasteiger partial charge < -0.3 is 4.74 Å². The van der Waals surface area contributed by atoms with Gasteiger partial charge in [-0.05, 0) is 54.1 Å². The first-order valence-corrected chi connectivity index (χ1v) is 6.91. The minimum absolute atomic E-state index is 0.270. The molecule has 18 heavy (non-hydrogen) atoms. The van der Waals surface area contributed by atoms with Crippen LogP contribution >= 0.6 is 22.6 Å². The highest BCUT2D eigenvalue weighted by Gasteiger charge is 2.35. The van der Waals surface area contributed by atoms with Gasteiger partial charge in [0.2, 0.25) is 0 Å². The summed E-state index contributed by atoms with van der Waals surface area (Å²) in [5, 5.41) is 3.17. The third kappa shape index (κ3) is 3.55. The van der Waals surface area contributed by atoms with Gasteiger partial charge in [-0.1, -0.05) is 18.2 Å². The first kappa shape index (κ1) is 15.2. The van der Waals surface area contributed by atoms with Crippen molar-refractivity contribution in [1.29, 1.82) is 0 Å². The summed E-state index contributed by atoms with van der Waals surface area (Å²) in [6, 6.07) is 7.83. The van der Waals surface area contributed by atoms with Crippen molar-refractivity contribution in [3.05, 3.63) is 46.1 Å². The summed E-state index contributed by atoms with van der Waals surface area (Å²) >= 11 is 2.23. The molecular formula is C14H18INO2. The van der Waals surface area contributed by atoms with Crippen molar-refractivity contribution in [2.75, 3.05) is 13.2 Å². The molecule has 0 heterocycles. The first-order chi connectivity index (χ1) is 8.54. The second-order valence-corrected chi connectivity index (χ2v) is 5.27. The molecule has 1 unspecified atom stereocenters. The highest BCUT2D eigenvalue weighted by atomic mass is 127. The monoisotopic (exact) mass is 359 g/mol. The molecule has 0 aromatic heterocycles. The Labute approximate surface area is 122 Å². The van der Waals surface area contributed by atoms with Crippen LogP contribution in [0.5, 0.6) is 0 Å². The summed E-state index contributed by atoms with van der Waals surface area (Å²) in [6.07, 6.45) is 1.73. The maximum atomic E-state index is 12.1. The lowest BCUT2D eigenvalue weighted by atomic mass is 9.92. The summed E-state index contributed by atoms with van der Waals surface area (Å²) in [7, 11) is 0. The average molecular weight is 359 g/mol. The van der Waals surface area contributed by atoms with Gasteiger partial charge in [-0.3, -0.25) is 5.32 Å². The van der Waals surface area contributed by atoms with Gasteiger partial charge >= 0.3 is 5.97 Å². The minimum Gasteiger partial charge on any atom is -0.464 e. The summed E-state index contributed by atoms with van der Waals surface area (Å²) in [5.74, 6) is -0.270. The number of esters is 1. The molecule has 1 aromatic rings. The van der Waals surface area contributed by atoms with Gasteiger partial charge in [-0.25, -0.2) is 4.79 Å². The topological polar surface area (TPSA) is 38.3 Å². The number of carbonyl (C=O) groups is 1. The number of hydrogen-bond acceptors (Lipinski definition) is 3. The van der Waals surface area contributed by atoms with E-state index in [-0.39, 0.29) is 5.97 Å². The van der Waals surface area contributed by atoms with E-state index in [0.29, 0.717) is 13.2 Å². The molecule has 0 fully saturated rings. The molecule has 0 amide bonds. The van der Waals surface area contributed by atoms with Gasteiger partial charge in [-0.15, -0.1) is 6.58 Å². The Bertz CT molecular complexity index is 416.